The van der Waals surface area contributed by atoms with Gasteiger partial charge in [-0.2, -0.15) is 0 Å². The van der Waals surface area contributed by atoms with Gasteiger partial charge in [-0.25, -0.2) is 0 Å². The van der Waals surface area contributed by atoms with Crippen LogP contribution in [0.25, 0.3) is 0 Å². The molecule has 1 saturated carbocycles. The van der Waals surface area contributed by atoms with Crippen LogP contribution >= 0.6 is 0 Å². The molecule has 1 aliphatic rings. The maximum absolute atomic E-state index is 6.19. The Morgan fingerprint density at radius 2 is 1.11 bits per heavy atom. The minimum absolute atomic E-state index is 0.155. The van der Waals surface area contributed by atoms with Gasteiger partial charge in [0.05, 0.1) is 0 Å². The lowest BCUT2D eigenvalue weighted by Gasteiger charge is -2.44. The van der Waals surface area contributed by atoms with Gasteiger partial charge in [-0.15, -0.1) is 0 Å². The maximum Gasteiger partial charge on any atom is 0.119 e. The molecule has 0 spiro atoms. The Morgan fingerprint density at radius 3 is 1.66 bits per heavy atom. The molecule has 0 bridgehead atoms. The number of aryl methyl sites for hydroxylation is 1. The summed E-state index contributed by atoms with van der Waals surface area (Å²) >= 11 is 0. The lowest BCUT2D eigenvalue weighted by Crippen LogP contribution is -2.39. The monoisotopic (exact) mass is 460 g/mol. The molecule has 1 fully saturated rings. The van der Waals surface area contributed by atoms with Crippen molar-refractivity contribution in [2.75, 3.05) is 0 Å². The largest absolute Gasteiger partial charge is 0.489 e. The van der Waals surface area contributed by atoms with Crippen molar-refractivity contribution in [1.82, 2.24) is 0 Å². The number of rotatable bonds is 8. The van der Waals surface area contributed by atoms with E-state index in [1.54, 1.807) is 0 Å². The summed E-state index contributed by atoms with van der Waals surface area (Å²) in [6.07, 6.45) is 7.55. The first-order valence-corrected chi connectivity index (χ1v) is 13.2. The van der Waals surface area contributed by atoms with Crippen LogP contribution < -0.4 is 4.74 Å². The fourth-order valence-electron chi connectivity index (χ4n) is 6.00. The minimum atomic E-state index is -0.155. The Morgan fingerprint density at radius 1 is 0.600 bits per heavy atom. The fraction of sp³-hybridized carbons (Fsp3) is 0.294. The molecule has 178 valence electrons. The first-order chi connectivity index (χ1) is 17.3. The zero-order valence-corrected chi connectivity index (χ0v) is 20.8. The van der Waals surface area contributed by atoms with Crippen LogP contribution in [0.5, 0.6) is 5.75 Å². The van der Waals surface area contributed by atoms with Crippen molar-refractivity contribution < 1.29 is 4.74 Å². The van der Waals surface area contributed by atoms with Gasteiger partial charge in [0.2, 0.25) is 0 Å². The Labute approximate surface area is 210 Å². The topological polar surface area (TPSA) is 9.23 Å². The van der Waals surface area contributed by atoms with Crippen LogP contribution in [0.1, 0.15) is 66.8 Å². The lowest BCUT2D eigenvalue weighted by atomic mass is 9.58. The second kappa shape index (κ2) is 11.0. The molecule has 0 aromatic heterocycles. The standard InChI is InChI=1S/C34H36O/c1-2-27-18-20-28(21-19-27)26-35-33-24-22-32(23-25-33)34(29-12-6-3-7-13-29,30-14-8-4-9-15-30)31-16-10-5-11-17-31/h3-4,6-9,12-15,18-25,31H,2,5,10-11,16-17,26H2,1H3. The Hall–Kier alpha value is -3.32. The van der Waals surface area contributed by atoms with Gasteiger partial charge in [0.15, 0.2) is 0 Å². The van der Waals surface area contributed by atoms with E-state index in [1.165, 1.54) is 59.9 Å². The number of hydrogen-bond donors (Lipinski definition) is 0. The Bertz CT molecular complexity index is 1130. The Kier molecular flexibility index (Phi) is 7.33. The summed E-state index contributed by atoms with van der Waals surface area (Å²) in [6.45, 7) is 2.78. The SMILES string of the molecule is CCc1ccc(COc2ccc(C(c3ccccc3)(c3ccccc3)C3CCCCC3)cc2)cc1. The van der Waals surface area contributed by atoms with E-state index < -0.39 is 0 Å². The summed E-state index contributed by atoms with van der Waals surface area (Å²) < 4.78 is 6.19. The predicted octanol–water partition coefficient (Wildman–Crippen LogP) is 8.74. The molecular weight excluding hydrogens is 424 g/mol. The van der Waals surface area contributed by atoms with Gasteiger partial charge in [0.25, 0.3) is 0 Å². The molecule has 0 heterocycles. The molecule has 1 nitrogen and oxygen atoms in total. The van der Waals surface area contributed by atoms with E-state index in [4.69, 9.17) is 4.74 Å². The van der Waals surface area contributed by atoms with Gasteiger partial charge in [0.1, 0.15) is 12.4 Å². The molecule has 0 radical (unpaired) electrons. The zero-order valence-electron chi connectivity index (χ0n) is 20.8. The second-order valence-corrected chi connectivity index (χ2v) is 9.86. The van der Waals surface area contributed by atoms with Crippen molar-refractivity contribution >= 4 is 0 Å². The van der Waals surface area contributed by atoms with E-state index in [9.17, 15) is 0 Å². The minimum Gasteiger partial charge on any atom is -0.489 e. The van der Waals surface area contributed by atoms with Crippen LogP contribution in [-0.2, 0) is 18.4 Å². The normalized spacial score (nSPS) is 14.5. The molecule has 35 heavy (non-hydrogen) atoms. The first-order valence-electron chi connectivity index (χ1n) is 13.2. The summed E-state index contributed by atoms with van der Waals surface area (Å²) in [5, 5.41) is 0. The van der Waals surface area contributed by atoms with Crippen molar-refractivity contribution in [1.29, 1.82) is 0 Å². The molecule has 0 N–H and O–H groups in total. The Balaban J connectivity index is 1.51. The van der Waals surface area contributed by atoms with Crippen molar-refractivity contribution in [3.63, 3.8) is 0 Å². The summed E-state index contributed by atoms with van der Waals surface area (Å²) in [5.74, 6) is 1.50. The van der Waals surface area contributed by atoms with Gasteiger partial charge >= 0.3 is 0 Å². The molecule has 1 heteroatoms. The van der Waals surface area contributed by atoms with E-state index >= 15 is 0 Å². The zero-order chi connectivity index (χ0) is 23.9. The van der Waals surface area contributed by atoms with Gasteiger partial charge in [-0.05, 0) is 65.1 Å². The maximum atomic E-state index is 6.19. The second-order valence-electron chi connectivity index (χ2n) is 9.86. The molecule has 0 amide bonds. The molecule has 4 aromatic carbocycles. The van der Waals surface area contributed by atoms with Crippen LogP contribution in [0.15, 0.2) is 109 Å². The van der Waals surface area contributed by atoms with Gasteiger partial charge in [0, 0.05) is 5.41 Å². The van der Waals surface area contributed by atoms with Gasteiger partial charge in [-0.1, -0.05) is 123 Å². The molecular formula is C34H36O. The van der Waals surface area contributed by atoms with Crippen LogP contribution in [0.3, 0.4) is 0 Å². The van der Waals surface area contributed by atoms with E-state index in [0.717, 1.165) is 12.2 Å². The molecule has 0 unspecified atom stereocenters. The smallest absolute Gasteiger partial charge is 0.119 e. The van der Waals surface area contributed by atoms with Gasteiger partial charge < -0.3 is 4.74 Å². The number of ether oxygens (including phenoxy) is 1. The quantitative estimate of drug-likeness (QED) is 0.239. The van der Waals surface area contributed by atoms with E-state index in [0.29, 0.717) is 12.5 Å². The average Bonchev–Trinajstić information content (AvgIpc) is 2.95. The average molecular weight is 461 g/mol. The van der Waals surface area contributed by atoms with Crippen molar-refractivity contribution in [2.24, 2.45) is 5.92 Å². The highest BCUT2D eigenvalue weighted by molar-refractivity contribution is 5.52. The van der Waals surface area contributed by atoms with Crippen molar-refractivity contribution in [3.05, 3.63) is 137 Å². The van der Waals surface area contributed by atoms with Crippen LogP contribution in [0.2, 0.25) is 0 Å². The third kappa shape index (κ3) is 4.91. The summed E-state index contributed by atoms with van der Waals surface area (Å²) in [7, 11) is 0. The van der Waals surface area contributed by atoms with Gasteiger partial charge in [-0.3, -0.25) is 0 Å². The number of benzene rings is 4. The summed E-state index contributed by atoms with van der Waals surface area (Å²) in [5.41, 5.74) is 6.56. The lowest BCUT2D eigenvalue weighted by molar-refractivity contribution is 0.270. The summed E-state index contributed by atoms with van der Waals surface area (Å²) in [6, 6.07) is 40.0. The molecule has 4 aromatic rings. The molecule has 5 rings (SSSR count). The van der Waals surface area contributed by atoms with Crippen LogP contribution in [-0.4, -0.2) is 0 Å². The molecule has 0 saturated heterocycles. The summed E-state index contributed by atoms with van der Waals surface area (Å²) in [4.78, 5) is 0. The number of hydrogen-bond acceptors (Lipinski definition) is 1. The third-order valence-corrected chi connectivity index (χ3v) is 7.82. The highest BCUT2D eigenvalue weighted by Gasteiger charge is 2.43. The predicted molar refractivity (Wildman–Crippen MR) is 146 cm³/mol. The van der Waals surface area contributed by atoms with E-state index in [1.807, 2.05) is 0 Å². The van der Waals surface area contributed by atoms with Crippen LogP contribution in [0.4, 0.5) is 0 Å². The molecule has 1 aliphatic carbocycles. The molecule has 0 aliphatic heterocycles. The first kappa shape index (κ1) is 23.4. The highest BCUT2D eigenvalue weighted by atomic mass is 16.5. The van der Waals surface area contributed by atoms with E-state index in [-0.39, 0.29) is 5.41 Å². The van der Waals surface area contributed by atoms with Crippen molar-refractivity contribution in [2.45, 2.75) is 57.5 Å². The van der Waals surface area contributed by atoms with Crippen LogP contribution in [0, 0.1) is 5.92 Å². The van der Waals surface area contributed by atoms with E-state index in [2.05, 4.69) is 116 Å². The third-order valence-electron chi connectivity index (χ3n) is 7.82. The molecule has 0 atom stereocenters. The fourth-order valence-corrected chi connectivity index (χ4v) is 6.00. The highest BCUT2D eigenvalue weighted by Crippen LogP contribution is 2.50. The van der Waals surface area contributed by atoms with Crippen molar-refractivity contribution in [3.8, 4) is 5.75 Å².